The molecule has 0 aromatic carbocycles. The van der Waals surface area contributed by atoms with Crippen LogP contribution in [0.25, 0.3) is 0 Å². The number of imide groups is 1. The van der Waals surface area contributed by atoms with Crippen LogP contribution in [-0.2, 0) is 19.1 Å². The van der Waals surface area contributed by atoms with Crippen molar-refractivity contribution < 1.29 is 23.9 Å². The van der Waals surface area contributed by atoms with Crippen LogP contribution in [0.15, 0.2) is 0 Å². The van der Waals surface area contributed by atoms with E-state index in [1.807, 2.05) is 0 Å². The topological polar surface area (TPSA) is 105 Å². The number of hydrogen-bond acceptors (Lipinski definition) is 5. The lowest BCUT2D eigenvalue weighted by Crippen LogP contribution is -2.55. The minimum atomic E-state index is -0.879. The number of carbonyl (C=O) groups excluding carboxylic acids is 4. The van der Waals surface area contributed by atoms with E-state index in [0.717, 1.165) is 0 Å². The van der Waals surface area contributed by atoms with Crippen LogP contribution in [0.1, 0.15) is 25.7 Å². The number of nitrogens with zero attached hydrogens (tertiary/aromatic N) is 1. The van der Waals surface area contributed by atoms with E-state index in [1.54, 1.807) is 4.90 Å². The summed E-state index contributed by atoms with van der Waals surface area (Å²) < 4.78 is 4.48. The molecule has 8 nitrogen and oxygen atoms in total. The number of hydrogen-bond donors (Lipinski definition) is 2. The molecule has 4 amide bonds. The molecule has 2 rings (SSSR count). The van der Waals surface area contributed by atoms with Crippen molar-refractivity contribution in [3.8, 4) is 0 Å². The fourth-order valence-corrected chi connectivity index (χ4v) is 2.49. The number of nitrogens with one attached hydrogen (secondary N) is 2. The number of urea groups is 1. The third kappa shape index (κ3) is 2.73. The average Bonchev–Trinajstić information content (AvgIpc) is 2.70. The molecular weight excluding hydrogens is 266 g/mol. The number of piperidine rings is 1. The van der Waals surface area contributed by atoms with Crippen molar-refractivity contribution in [2.24, 2.45) is 0 Å². The monoisotopic (exact) mass is 283 g/mol. The van der Waals surface area contributed by atoms with Gasteiger partial charge >= 0.3 is 12.0 Å². The summed E-state index contributed by atoms with van der Waals surface area (Å²) in [5.74, 6) is -0.895. The van der Waals surface area contributed by atoms with Gasteiger partial charge in [0.15, 0.2) is 0 Å². The third-order valence-corrected chi connectivity index (χ3v) is 3.75. The molecule has 0 saturated carbocycles. The summed E-state index contributed by atoms with van der Waals surface area (Å²) in [6, 6.07) is -0.486. The largest absolute Gasteiger partial charge is 0.469 e. The van der Waals surface area contributed by atoms with Crippen molar-refractivity contribution in [3.63, 3.8) is 0 Å². The second-order valence-corrected chi connectivity index (χ2v) is 4.95. The van der Waals surface area contributed by atoms with Crippen LogP contribution in [-0.4, -0.2) is 54.5 Å². The minimum absolute atomic E-state index is 0.0498. The molecule has 110 valence electrons. The molecule has 2 heterocycles. The summed E-state index contributed by atoms with van der Waals surface area (Å²) in [6.07, 6.45) is 0.912. The SMILES string of the molecule is COC(=O)CCC(=O)N1CCC2(CC1)NC(=O)NC2=O. The molecule has 2 aliphatic heterocycles. The molecule has 2 fully saturated rings. The van der Waals surface area contributed by atoms with E-state index in [1.165, 1.54) is 7.11 Å². The normalized spacial score (nSPS) is 20.6. The summed E-state index contributed by atoms with van der Waals surface area (Å²) >= 11 is 0. The Morgan fingerprint density at radius 1 is 1.25 bits per heavy atom. The number of carbonyl (C=O) groups is 4. The van der Waals surface area contributed by atoms with Crippen molar-refractivity contribution in [3.05, 3.63) is 0 Å². The predicted octanol–water partition coefficient (Wildman–Crippen LogP) is -0.860. The number of likely N-dealkylation sites (tertiary alicyclic amines) is 1. The fraction of sp³-hybridized carbons (Fsp3) is 0.667. The molecule has 0 bridgehead atoms. The highest BCUT2D eigenvalue weighted by molar-refractivity contribution is 6.07. The number of methoxy groups -OCH3 is 1. The Morgan fingerprint density at radius 3 is 2.40 bits per heavy atom. The second-order valence-electron chi connectivity index (χ2n) is 4.95. The van der Waals surface area contributed by atoms with Gasteiger partial charge in [0.05, 0.1) is 13.5 Å². The summed E-state index contributed by atoms with van der Waals surface area (Å²) in [4.78, 5) is 47.4. The van der Waals surface area contributed by atoms with Gasteiger partial charge in [0.2, 0.25) is 5.91 Å². The molecule has 0 aromatic heterocycles. The van der Waals surface area contributed by atoms with Crippen LogP contribution >= 0.6 is 0 Å². The van der Waals surface area contributed by atoms with Crippen LogP contribution in [0.2, 0.25) is 0 Å². The summed E-state index contributed by atoms with van der Waals surface area (Å²) in [7, 11) is 1.28. The zero-order valence-electron chi connectivity index (χ0n) is 11.2. The van der Waals surface area contributed by atoms with Crippen molar-refractivity contribution in [2.75, 3.05) is 20.2 Å². The first kappa shape index (κ1) is 14.3. The lowest BCUT2D eigenvalue weighted by atomic mass is 9.87. The molecule has 2 N–H and O–H groups in total. The maximum Gasteiger partial charge on any atom is 0.322 e. The average molecular weight is 283 g/mol. The van der Waals surface area contributed by atoms with E-state index in [4.69, 9.17) is 0 Å². The third-order valence-electron chi connectivity index (χ3n) is 3.75. The summed E-state index contributed by atoms with van der Waals surface area (Å²) in [6.45, 7) is 0.765. The van der Waals surface area contributed by atoms with Crippen LogP contribution in [0.4, 0.5) is 4.79 Å². The molecular formula is C12H17N3O5. The van der Waals surface area contributed by atoms with Crippen molar-refractivity contribution in [2.45, 2.75) is 31.2 Å². The lowest BCUT2D eigenvalue weighted by molar-refractivity contribution is -0.144. The first-order valence-corrected chi connectivity index (χ1v) is 6.45. The van der Waals surface area contributed by atoms with E-state index in [2.05, 4.69) is 15.4 Å². The molecule has 0 aliphatic carbocycles. The number of esters is 1. The molecule has 0 atom stereocenters. The highest BCUT2D eigenvalue weighted by Gasteiger charge is 2.48. The predicted molar refractivity (Wildman–Crippen MR) is 66.5 cm³/mol. The minimum Gasteiger partial charge on any atom is -0.469 e. The van der Waals surface area contributed by atoms with Crippen LogP contribution in [0, 0.1) is 0 Å². The Bertz CT molecular complexity index is 454. The molecule has 8 heteroatoms. The van der Waals surface area contributed by atoms with E-state index in [0.29, 0.717) is 25.9 Å². The molecule has 0 unspecified atom stereocenters. The van der Waals surface area contributed by atoms with Crippen LogP contribution in [0.3, 0.4) is 0 Å². The van der Waals surface area contributed by atoms with Crippen LogP contribution < -0.4 is 10.6 Å². The Labute approximate surface area is 115 Å². The number of ether oxygens (including phenoxy) is 1. The number of rotatable bonds is 3. The lowest BCUT2D eigenvalue weighted by Gasteiger charge is -2.37. The van der Waals surface area contributed by atoms with Gasteiger partial charge in [-0.05, 0) is 12.8 Å². The van der Waals surface area contributed by atoms with Gasteiger partial charge in [-0.3, -0.25) is 19.7 Å². The standard InChI is InChI=1S/C12H17N3O5/c1-20-9(17)3-2-8(16)15-6-4-12(5-7-15)10(18)13-11(19)14-12/h2-7H2,1H3,(H2,13,14,18,19). The van der Waals surface area contributed by atoms with Crippen molar-refractivity contribution >= 4 is 23.8 Å². The Kier molecular flexibility index (Phi) is 3.91. The maximum atomic E-state index is 11.9. The molecule has 1 spiro atoms. The van der Waals surface area contributed by atoms with Gasteiger partial charge < -0.3 is 15.0 Å². The fourth-order valence-electron chi connectivity index (χ4n) is 2.49. The van der Waals surface area contributed by atoms with Crippen molar-refractivity contribution in [1.82, 2.24) is 15.5 Å². The zero-order valence-corrected chi connectivity index (χ0v) is 11.2. The second kappa shape index (κ2) is 5.48. The highest BCUT2D eigenvalue weighted by atomic mass is 16.5. The summed E-state index contributed by atoms with van der Waals surface area (Å²) in [5, 5.41) is 4.84. The Hall–Kier alpha value is -2.12. The van der Waals surface area contributed by atoms with E-state index >= 15 is 0 Å². The highest BCUT2D eigenvalue weighted by Crippen LogP contribution is 2.25. The first-order valence-electron chi connectivity index (χ1n) is 6.45. The summed E-state index contributed by atoms with van der Waals surface area (Å²) in [5.41, 5.74) is -0.879. The number of amides is 4. The first-order chi connectivity index (χ1) is 9.47. The molecule has 0 radical (unpaired) electrons. The molecule has 2 saturated heterocycles. The van der Waals surface area contributed by atoms with Gasteiger partial charge in [0.1, 0.15) is 5.54 Å². The van der Waals surface area contributed by atoms with Crippen LogP contribution in [0.5, 0.6) is 0 Å². The van der Waals surface area contributed by atoms with E-state index in [-0.39, 0.29) is 24.7 Å². The van der Waals surface area contributed by atoms with Gasteiger partial charge in [-0.2, -0.15) is 0 Å². The molecule has 2 aliphatic rings. The maximum absolute atomic E-state index is 11.9. The molecule has 0 aromatic rings. The quantitative estimate of drug-likeness (QED) is 0.518. The van der Waals surface area contributed by atoms with E-state index < -0.39 is 17.5 Å². The van der Waals surface area contributed by atoms with Gasteiger partial charge in [0, 0.05) is 19.5 Å². The van der Waals surface area contributed by atoms with E-state index in [9.17, 15) is 19.2 Å². The zero-order chi connectivity index (χ0) is 14.8. The molecule has 20 heavy (non-hydrogen) atoms. The van der Waals surface area contributed by atoms with Gasteiger partial charge in [-0.25, -0.2) is 4.79 Å². The smallest absolute Gasteiger partial charge is 0.322 e. The van der Waals surface area contributed by atoms with Crippen molar-refractivity contribution in [1.29, 1.82) is 0 Å². The van der Waals surface area contributed by atoms with Gasteiger partial charge in [-0.15, -0.1) is 0 Å². The Balaban J connectivity index is 1.85. The van der Waals surface area contributed by atoms with Gasteiger partial charge in [-0.1, -0.05) is 0 Å². The van der Waals surface area contributed by atoms with Gasteiger partial charge in [0.25, 0.3) is 5.91 Å². The Morgan fingerprint density at radius 2 is 1.90 bits per heavy atom.